The summed E-state index contributed by atoms with van der Waals surface area (Å²) in [6.45, 7) is 0.328. The van der Waals surface area contributed by atoms with Gasteiger partial charge in [-0.3, -0.25) is 19.2 Å². The summed E-state index contributed by atoms with van der Waals surface area (Å²) in [6.07, 6.45) is -4.01. The van der Waals surface area contributed by atoms with Crippen molar-refractivity contribution in [3.63, 3.8) is 0 Å². The van der Waals surface area contributed by atoms with Gasteiger partial charge in [0.1, 0.15) is 17.3 Å². The molecular weight excluding hydrogens is 572 g/mol. The number of ether oxygens (including phenoxy) is 1. The van der Waals surface area contributed by atoms with Crippen LogP contribution in [0.1, 0.15) is 36.8 Å². The van der Waals surface area contributed by atoms with Crippen molar-refractivity contribution in [2.45, 2.75) is 48.0 Å². The topological polar surface area (TPSA) is 127 Å². The van der Waals surface area contributed by atoms with Gasteiger partial charge in [-0.25, -0.2) is 12.8 Å². The molecule has 2 aromatic rings. The normalized spacial score (nSPS) is 22.7. The Morgan fingerprint density at radius 2 is 1.71 bits per heavy atom. The van der Waals surface area contributed by atoms with Crippen molar-refractivity contribution in [1.82, 2.24) is 10.2 Å². The summed E-state index contributed by atoms with van der Waals surface area (Å²) in [6, 6.07) is 6.51. The Hall–Kier alpha value is -3.81. The van der Waals surface area contributed by atoms with Crippen LogP contribution in [0.4, 0.5) is 17.6 Å². The minimum atomic E-state index is -4.66. The lowest BCUT2D eigenvalue weighted by atomic mass is 9.92. The van der Waals surface area contributed by atoms with Crippen molar-refractivity contribution < 1.29 is 49.9 Å². The number of hydrogen-bond donors (Lipinski definition) is 1. The maximum absolute atomic E-state index is 13.7. The first-order valence-corrected chi connectivity index (χ1v) is 14.1. The molecule has 1 N–H and O–H groups in total. The third-order valence-electron chi connectivity index (χ3n) is 7.29. The summed E-state index contributed by atoms with van der Waals surface area (Å²) in [5.41, 5.74) is -0.702. The van der Waals surface area contributed by atoms with Crippen LogP contribution in [0.5, 0.6) is 5.75 Å². The molecule has 3 saturated heterocycles. The number of sulfone groups is 1. The molecule has 3 aliphatic rings. The Morgan fingerprint density at radius 3 is 2.32 bits per heavy atom. The fraction of sp³-hybridized carbons (Fsp3) is 0.407. The van der Waals surface area contributed by atoms with Gasteiger partial charge in [0.05, 0.1) is 24.0 Å². The van der Waals surface area contributed by atoms with Crippen molar-refractivity contribution >= 4 is 33.2 Å². The number of ketones is 2. The average Bonchev–Trinajstić information content (AvgIpc) is 3.00. The van der Waals surface area contributed by atoms with Crippen LogP contribution in [0.3, 0.4) is 0 Å². The van der Waals surface area contributed by atoms with E-state index in [1.54, 1.807) is 0 Å². The number of nitrogens with one attached hydrogen (secondary N) is 1. The molecular formula is C27H26F4N2O7S. The third kappa shape index (κ3) is 5.69. The Kier molecular flexibility index (Phi) is 8.25. The Labute approximate surface area is 232 Å². The highest BCUT2D eigenvalue weighted by atomic mass is 32.2. The number of alkyl halides is 3. The minimum Gasteiger partial charge on any atom is -0.496 e. The Morgan fingerprint density at radius 1 is 1.02 bits per heavy atom. The van der Waals surface area contributed by atoms with E-state index in [-0.39, 0.29) is 24.7 Å². The molecule has 14 heteroatoms. The molecule has 220 valence electrons. The monoisotopic (exact) mass is 598 g/mol. The molecule has 9 nitrogen and oxygen atoms in total. The number of benzene rings is 2. The third-order valence-corrected chi connectivity index (χ3v) is 9.64. The summed E-state index contributed by atoms with van der Waals surface area (Å²) in [4.78, 5) is 44.9. The van der Waals surface area contributed by atoms with Gasteiger partial charge in [-0.2, -0.15) is 13.2 Å². The molecule has 41 heavy (non-hydrogen) atoms. The number of fused-ring (bicyclic) bond motifs is 1. The van der Waals surface area contributed by atoms with E-state index in [1.165, 1.54) is 25.3 Å². The van der Waals surface area contributed by atoms with Crippen LogP contribution < -0.4 is 10.1 Å². The van der Waals surface area contributed by atoms with E-state index in [2.05, 4.69) is 5.32 Å². The predicted octanol–water partition coefficient (Wildman–Crippen LogP) is 2.85. The summed E-state index contributed by atoms with van der Waals surface area (Å²) in [5.74, 6) is -2.32. The first kappa shape index (κ1) is 30.2. The number of halogens is 4. The maximum Gasteiger partial charge on any atom is 0.416 e. The highest BCUT2D eigenvalue weighted by molar-refractivity contribution is 7.93. The molecule has 2 unspecified atom stereocenters. The number of methoxy groups -OCH3 is 1. The lowest BCUT2D eigenvalue weighted by Crippen LogP contribution is -2.67. The SMILES string of the molecule is COc1ccc(F)cc1CC1CN2C(=O)CC2(S(=O)(=O)c2ccc(C(F)(F)F)cc2)C1=O.O=C1CCNC(=O)CC1. The quantitative estimate of drug-likeness (QED) is 0.414. The van der Waals surface area contributed by atoms with Gasteiger partial charge >= 0.3 is 6.18 Å². The lowest BCUT2D eigenvalue weighted by molar-refractivity contribution is -0.150. The van der Waals surface area contributed by atoms with Gasteiger partial charge in [0.15, 0.2) is 5.78 Å². The maximum atomic E-state index is 13.7. The molecule has 0 aromatic heterocycles. The predicted molar refractivity (Wildman–Crippen MR) is 135 cm³/mol. The molecule has 3 aliphatic heterocycles. The molecule has 0 bridgehead atoms. The zero-order valence-electron chi connectivity index (χ0n) is 21.8. The second kappa shape index (κ2) is 11.2. The minimum absolute atomic E-state index is 0.000787. The summed E-state index contributed by atoms with van der Waals surface area (Å²) < 4.78 is 84.0. The van der Waals surface area contributed by atoms with Crippen LogP contribution in [-0.2, 0) is 41.6 Å². The average molecular weight is 599 g/mol. The van der Waals surface area contributed by atoms with E-state index < -0.39 is 61.2 Å². The number of β-lactam (4-membered cyclic amide) rings is 1. The first-order valence-electron chi connectivity index (χ1n) is 12.6. The smallest absolute Gasteiger partial charge is 0.416 e. The summed E-state index contributed by atoms with van der Waals surface area (Å²) >= 11 is 0. The van der Waals surface area contributed by atoms with E-state index in [0.29, 0.717) is 49.3 Å². The van der Waals surface area contributed by atoms with Crippen LogP contribution in [0, 0.1) is 11.7 Å². The highest BCUT2D eigenvalue weighted by Crippen LogP contribution is 2.49. The molecule has 2 aromatic carbocycles. The van der Waals surface area contributed by atoms with Crippen molar-refractivity contribution in [2.24, 2.45) is 5.92 Å². The molecule has 3 fully saturated rings. The Balaban J connectivity index is 0.000000367. The van der Waals surface area contributed by atoms with Gasteiger partial charge in [-0.05, 0) is 54.4 Å². The second-order valence-electron chi connectivity index (χ2n) is 9.85. The molecule has 2 amide bonds. The number of carbonyl (C=O) groups excluding carboxylic acids is 4. The molecule has 0 radical (unpaired) electrons. The van der Waals surface area contributed by atoms with Gasteiger partial charge in [-0.15, -0.1) is 0 Å². The summed E-state index contributed by atoms with van der Waals surface area (Å²) in [5, 5.41) is 2.62. The van der Waals surface area contributed by atoms with E-state index in [4.69, 9.17) is 4.74 Å². The number of Topliss-reactive ketones (excluding diaryl/α,β-unsaturated/α-hetero) is 2. The fourth-order valence-corrected chi connectivity index (χ4v) is 7.22. The lowest BCUT2D eigenvalue weighted by Gasteiger charge is -2.44. The summed E-state index contributed by atoms with van der Waals surface area (Å²) in [7, 11) is -3.15. The Bertz CT molecular complexity index is 1480. The highest BCUT2D eigenvalue weighted by Gasteiger charge is 2.70. The van der Waals surface area contributed by atoms with Gasteiger partial charge < -0.3 is 15.0 Å². The van der Waals surface area contributed by atoms with E-state index >= 15 is 0 Å². The van der Waals surface area contributed by atoms with E-state index in [0.717, 1.165) is 17.0 Å². The number of carbonyl (C=O) groups is 4. The van der Waals surface area contributed by atoms with E-state index in [1.807, 2.05) is 0 Å². The zero-order valence-corrected chi connectivity index (χ0v) is 22.6. The van der Waals surface area contributed by atoms with Crippen molar-refractivity contribution in [2.75, 3.05) is 20.2 Å². The van der Waals surface area contributed by atoms with Crippen LogP contribution in [0.2, 0.25) is 0 Å². The van der Waals surface area contributed by atoms with Gasteiger partial charge in [0.2, 0.25) is 26.5 Å². The standard InChI is InChI=1S/C21H17F4NO5S.C6H9NO2/c1-31-17-7-4-15(22)9-12(17)8-13-11-26-18(27)10-20(26,19(13)28)32(29,30)16-5-2-14(3-6-16)21(23,24)25;8-5-1-2-6(9)7-4-3-5/h2-7,9,13H,8,10-11H2,1H3;1-4H2,(H,7,9). The van der Waals surface area contributed by atoms with Crippen molar-refractivity contribution in [3.05, 3.63) is 59.4 Å². The molecule has 0 spiro atoms. The van der Waals surface area contributed by atoms with Gasteiger partial charge in [0.25, 0.3) is 0 Å². The van der Waals surface area contributed by atoms with Crippen LogP contribution in [0.25, 0.3) is 0 Å². The molecule has 3 heterocycles. The first-order chi connectivity index (χ1) is 19.2. The molecule has 0 saturated carbocycles. The molecule has 2 atom stereocenters. The molecule has 5 rings (SSSR count). The van der Waals surface area contributed by atoms with Crippen molar-refractivity contribution in [3.8, 4) is 5.75 Å². The second-order valence-corrected chi connectivity index (χ2v) is 12.0. The molecule has 0 aliphatic carbocycles. The number of rotatable bonds is 5. The van der Waals surface area contributed by atoms with Crippen LogP contribution in [0.15, 0.2) is 47.4 Å². The van der Waals surface area contributed by atoms with Crippen molar-refractivity contribution in [1.29, 1.82) is 0 Å². The largest absolute Gasteiger partial charge is 0.496 e. The van der Waals surface area contributed by atoms with Gasteiger partial charge in [0, 0.05) is 38.3 Å². The zero-order chi connectivity index (χ0) is 30.2. The van der Waals surface area contributed by atoms with Crippen LogP contribution >= 0.6 is 0 Å². The number of nitrogens with zero attached hydrogens (tertiary/aromatic N) is 1. The van der Waals surface area contributed by atoms with Crippen LogP contribution in [-0.4, -0.2) is 61.8 Å². The van der Waals surface area contributed by atoms with Gasteiger partial charge in [-0.1, -0.05) is 0 Å². The van der Waals surface area contributed by atoms with E-state index in [9.17, 15) is 45.2 Å². The number of hydrogen-bond acceptors (Lipinski definition) is 7. The number of amides is 2. The fourth-order valence-electron chi connectivity index (χ4n) is 5.13.